The molecular formula is C13H20N4O2S. The maximum absolute atomic E-state index is 12.4. The van der Waals surface area contributed by atoms with Gasteiger partial charge in [0.2, 0.25) is 11.8 Å². The van der Waals surface area contributed by atoms with Crippen LogP contribution in [0.25, 0.3) is 0 Å². The predicted octanol–water partition coefficient (Wildman–Crippen LogP) is 1.27. The molecule has 0 aromatic carbocycles. The van der Waals surface area contributed by atoms with E-state index in [2.05, 4.69) is 15.5 Å². The minimum absolute atomic E-state index is 0.0686. The van der Waals surface area contributed by atoms with Crippen LogP contribution in [0.4, 0.5) is 0 Å². The number of amides is 1. The van der Waals surface area contributed by atoms with E-state index in [0.717, 1.165) is 32.1 Å². The van der Waals surface area contributed by atoms with Crippen LogP contribution in [0.3, 0.4) is 0 Å². The van der Waals surface area contributed by atoms with E-state index in [4.69, 9.17) is 22.5 Å². The number of aryl methyl sites for hydroxylation is 1. The van der Waals surface area contributed by atoms with E-state index in [-0.39, 0.29) is 5.91 Å². The Hall–Kier alpha value is -1.50. The molecule has 0 spiro atoms. The monoisotopic (exact) mass is 296 g/mol. The first kappa shape index (κ1) is 14.9. The quantitative estimate of drug-likeness (QED) is 0.795. The molecule has 3 N–H and O–H groups in total. The second-order valence-corrected chi connectivity index (χ2v) is 5.69. The normalized spacial score (nSPS) is 17.6. The summed E-state index contributed by atoms with van der Waals surface area (Å²) >= 11 is 5.13. The summed E-state index contributed by atoms with van der Waals surface area (Å²) in [4.78, 5) is 16.8. The van der Waals surface area contributed by atoms with Crippen LogP contribution in [0.15, 0.2) is 4.52 Å². The Kier molecular flexibility index (Phi) is 4.69. The Morgan fingerprint density at radius 1 is 1.45 bits per heavy atom. The molecule has 1 fully saturated rings. The molecule has 0 bridgehead atoms. The van der Waals surface area contributed by atoms with Gasteiger partial charge in [-0.25, -0.2) is 0 Å². The average Bonchev–Trinajstić information content (AvgIpc) is 2.85. The smallest absolute Gasteiger partial charge is 0.233 e. The van der Waals surface area contributed by atoms with E-state index >= 15 is 0 Å². The van der Waals surface area contributed by atoms with Gasteiger partial charge < -0.3 is 15.6 Å². The van der Waals surface area contributed by atoms with Gasteiger partial charge in [-0.05, 0) is 19.8 Å². The van der Waals surface area contributed by atoms with Crippen molar-refractivity contribution in [1.82, 2.24) is 15.5 Å². The molecule has 0 atom stereocenters. The van der Waals surface area contributed by atoms with Gasteiger partial charge in [0.15, 0.2) is 5.82 Å². The molecule has 0 aliphatic heterocycles. The Bertz CT molecular complexity index is 494. The summed E-state index contributed by atoms with van der Waals surface area (Å²) < 4.78 is 5.00. The molecule has 110 valence electrons. The van der Waals surface area contributed by atoms with Gasteiger partial charge in [-0.1, -0.05) is 36.6 Å². The highest BCUT2D eigenvalue weighted by Gasteiger charge is 2.42. The van der Waals surface area contributed by atoms with Gasteiger partial charge in [0.05, 0.1) is 10.4 Å². The second-order valence-electron chi connectivity index (χ2n) is 5.25. The van der Waals surface area contributed by atoms with E-state index in [1.165, 1.54) is 0 Å². The Labute approximate surface area is 123 Å². The lowest BCUT2D eigenvalue weighted by Crippen LogP contribution is -2.50. The molecule has 0 unspecified atom stereocenters. The fourth-order valence-corrected chi connectivity index (χ4v) is 2.93. The highest BCUT2D eigenvalue weighted by atomic mass is 32.1. The highest BCUT2D eigenvalue weighted by Crippen LogP contribution is 2.36. The van der Waals surface area contributed by atoms with Gasteiger partial charge in [-0.3, -0.25) is 4.79 Å². The van der Waals surface area contributed by atoms with Crippen molar-refractivity contribution < 1.29 is 9.32 Å². The number of hydrogen-bond acceptors (Lipinski definition) is 5. The third kappa shape index (κ3) is 3.15. The zero-order valence-corrected chi connectivity index (χ0v) is 12.5. The first-order valence-corrected chi connectivity index (χ1v) is 7.33. The minimum atomic E-state index is -0.668. The summed E-state index contributed by atoms with van der Waals surface area (Å²) in [5, 5.41) is 6.60. The SMILES string of the molecule is Cc1noc(CCNC(=O)C2(C(N)=S)CCCCC2)n1. The van der Waals surface area contributed by atoms with Gasteiger partial charge in [0.25, 0.3) is 0 Å². The fraction of sp³-hybridized carbons (Fsp3) is 0.692. The van der Waals surface area contributed by atoms with E-state index in [0.29, 0.717) is 29.7 Å². The molecule has 2 rings (SSSR count). The maximum Gasteiger partial charge on any atom is 0.233 e. The number of carbonyl (C=O) groups excluding carboxylic acids is 1. The van der Waals surface area contributed by atoms with Gasteiger partial charge in [0, 0.05) is 13.0 Å². The van der Waals surface area contributed by atoms with E-state index in [9.17, 15) is 4.79 Å². The number of thiocarbonyl (C=S) groups is 1. The number of carbonyl (C=O) groups is 1. The average molecular weight is 296 g/mol. The van der Waals surface area contributed by atoms with Crippen LogP contribution < -0.4 is 11.1 Å². The van der Waals surface area contributed by atoms with Gasteiger partial charge in [0.1, 0.15) is 0 Å². The van der Waals surface area contributed by atoms with Crippen LogP contribution in [-0.2, 0) is 11.2 Å². The summed E-state index contributed by atoms with van der Waals surface area (Å²) in [7, 11) is 0. The summed E-state index contributed by atoms with van der Waals surface area (Å²) in [5.74, 6) is 1.05. The third-order valence-corrected chi connectivity index (χ3v) is 4.20. The first-order chi connectivity index (χ1) is 9.54. The first-order valence-electron chi connectivity index (χ1n) is 6.92. The molecule has 6 nitrogen and oxygen atoms in total. The Morgan fingerprint density at radius 3 is 2.70 bits per heavy atom. The van der Waals surface area contributed by atoms with Crippen molar-refractivity contribution in [3.05, 3.63) is 11.7 Å². The zero-order chi connectivity index (χ0) is 14.6. The zero-order valence-electron chi connectivity index (χ0n) is 11.6. The van der Waals surface area contributed by atoms with Crippen LogP contribution in [0, 0.1) is 12.3 Å². The van der Waals surface area contributed by atoms with Crippen LogP contribution in [0.5, 0.6) is 0 Å². The van der Waals surface area contributed by atoms with Gasteiger partial charge >= 0.3 is 0 Å². The fourth-order valence-electron chi connectivity index (χ4n) is 2.63. The van der Waals surface area contributed by atoms with Crippen LogP contribution in [-0.4, -0.2) is 27.6 Å². The van der Waals surface area contributed by atoms with E-state index < -0.39 is 5.41 Å². The largest absolute Gasteiger partial charge is 0.392 e. The number of hydrogen-bond donors (Lipinski definition) is 2. The molecule has 1 saturated carbocycles. The number of rotatable bonds is 5. The molecule has 1 amide bonds. The van der Waals surface area contributed by atoms with Gasteiger partial charge in [-0.2, -0.15) is 4.98 Å². The van der Waals surface area contributed by atoms with Crippen molar-refractivity contribution in [1.29, 1.82) is 0 Å². The minimum Gasteiger partial charge on any atom is -0.392 e. The molecule has 1 aromatic heterocycles. The topological polar surface area (TPSA) is 94.0 Å². The molecule has 7 heteroatoms. The van der Waals surface area contributed by atoms with Crippen molar-refractivity contribution in [2.45, 2.75) is 45.4 Å². The number of nitrogens with two attached hydrogens (primary N) is 1. The van der Waals surface area contributed by atoms with Crippen molar-refractivity contribution in [2.24, 2.45) is 11.1 Å². The Morgan fingerprint density at radius 2 is 2.15 bits per heavy atom. The molecule has 1 heterocycles. The lowest BCUT2D eigenvalue weighted by atomic mass is 9.73. The number of aromatic nitrogens is 2. The summed E-state index contributed by atoms with van der Waals surface area (Å²) in [6.07, 6.45) is 5.13. The molecule has 20 heavy (non-hydrogen) atoms. The van der Waals surface area contributed by atoms with Crippen LogP contribution in [0.1, 0.15) is 43.8 Å². The van der Waals surface area contributed by atoms with Crippen molar-refractivity contribution in [3.8, 4) is 0 Å². The number of nitrogens with one attached hydrogen (secondary N) is 1. The van der Waals surface area contributed by atoms with Crippen molar-refractivity contribution in [3.63, 3.8) is 0 Å². The summed E-state index contributed by atoms with van der Waals surface area (Å²) in [5.41, 5.74) is 5.15. The molecule has 0 saturated heterocycles. The lowest BCUT2D eigenvalue weighted by Gasteiger charge is -2.34. The molecule has 1 aliphatic carbocycles. The second kappa shape index (κ2) is 6.30. The highest BCUT2D eigenvalue weighted by molar-refractivity contribution is 7.80. The summed E-state index contributed by atoms with van der Waals surface area (Å²) in [6, 6.07) is 0. The Balaban J connectivity index is 1.90. The molecule has 1 aromatic rings. The number of nitrogens with zero attached hydrogens (tertiary/aromatic N) is 2. The third-order valence-electron chi connectivity index (χ3n) is 3.81. The van der Waals surface area contributed by atoms with E-state index in [1.54, 1.807) is 6.92 Å². The standard InChI is InChI=1S/C13H20N4O2S/c1-9-16-10(19-17-9)5-8-15-12(18)13(11(14)20)6-3-2-4-7-13/h2-8H2,1H3,(H2,14,20)(H,15,18). The molecule has 0 radical (unpaired) electrons. The lowest BCUT2D eigenvalue weighted by molar-refractivity contribution is -0.128. The van der Waals surface area contributed by atoms with Crippen LogP contribution in [0.2, 0.25) is 0 Å². The molecule has 1 aliphatic rings. The predicted molar refractivity (Wildman–Crippen MR) is 78.1 cm³/mol. The summed E-state index contributed by atoms with van der Waals surface area (Å²) in [6.45, 7) is 2.21. The van der Waals surface area contributed by atoms with Crippen molar-refractivity contribution >= 4 is 23.1 Å². The molecular weight excluding hydrogens is 276 g/mol. The van der Waals surface area contributed by atoms with Crippen LogP contribution >= 0.6 is 12.2 Å². The van der Waals surface area contributed by atoms with Crippen molar-refractivity contribution in [2.75, 3.05) is 6.54 Å². The van der Waals surface area contributed by atoms with Gasteiger partial charge in [-0.15, -0.1) is 0 Å². The maximum atomic E-state index is 12.4. The van der Waals surface area contributed by atoms with E-state index in [1.807, 2.05) is 0 Å².